The lowest BCUT2D eigenvalue weighted by Crippen LogP contribution is -1.98. The van der Waals surface area contributed by atoms with Crippen LogP contribution >= 0.6 is 19.7 Å². The Morgan fingerprint density at radius 2 is 1.15 bits per heavy atom. The number of hydrogen-bond acceptors (Lipinski definition) is 8. The fraction of sp³-hybridized carbons (Fsp3) is 0.143. The Morgan fingerprint density at radius 1 is 0.808 bits per heavy atom. The molecule has 0 atom stereocenters. The van der Waals surface area contributed by atoms with E-state index >= 15 is 0 Å². The average Bonchev–Trinajstić information content (AvgIpc) is 2.65. The molecule has 0 spiro atoms. The molecule has 26 heavy (non-hydrogen) atoms. The molecule has 0 N–H and O–H groups in total. The van der Waals surface area contributed by atoms with Crippen molar-refractivity contribution in [1.82, 2.24) is 0 Å². The van der Waals surface area contributed by atoms with Crippen molar-refractivity contribution in [3.8, 4) is 0 Å². The predicted molar refractivity (Wildman–Crippen MR) is 90.3 cm³/mol. The SMILES string of the molecule is O=[N+]([O-])c1ccc(COP(=O)(OCl)OCc2ccc([N+](=O)[O-])cc2)cc1. The molecular weight excluding hydrogens is 391 g/mol. The van der Waals surface area contributed by atoms with E-state index in [4.69, 9.17) is 20.9 Å². The number of hydrogen-bond donors (Lipinski definition) is 0. The number of phosphoric acid groups is 1. The van der Waals surface area contributed by atoms with Gasteiger partial charge in [0.25, 0.3) is 11.4 Å². The summed E-state index contributed by atoms with van der Waals surface area (Å²) in [5.74, 6) is 0. The van der Waals surface area contributed by atoms with Gasteiger partial charge >= 0.3 is 7.82 Å². The van der Waals surface area contributed by atoms with Gasteiger partial charge in [-0.3, -0.25) is 29.3 Å². The summed E-state index contributed by atoms with van der Waals surface area (Å²) in [5, 5.41) is 21.2. The summed E-state index contributed by atoms with van der Waals surface area (Å²) in [5.41, 5.74) is 0.784. The van der Waals surface area contributed by atoms with Crippen LogP contribution in [0.15, 0.2) is 48.5 Å². The molecule has 0 heterocycles. The number of rotatable bonds is 9. The first kappa shape index (κ1) is 20.0. The zero-order valence-electron chi connectivity index (χ0n) is 13.0. The largest absolute Gasteiger partial charge is 0.491 e. The van der Waals surface area contributed by atoms with E-state index in [0.717, 1.165) is 0 Å². The standard InChI is InChI=1S/C14H12ClN2O8P/c15-25-26(22,23-9-11-1-5-13(6-2-11)16(18)19)24-10-12-3-7-14(8-4-12)17(20)21/h1-8H,9-10H2. The van der Waals surface area contributed by atoms with Crippen LogP contribution in [-0.4, -0.2) is 9.85 Å². The van der Waals surface area contributed by atoms with Gasteiger partial charge in [-0.05, 0) is 35.4 Å². The molecule has 2 aromatic rings. The maximum Gasteiger partial charge on any atom is 0.491 e. The number of nitrogens with zero attached hydrogens (tertiary/aromatic N) is 2. The summed E-state index contributed by atoms with van der Waals surface area (Å²) >= 11 is 5.18. The second-order valence-corrected chi connectivity index (χ2v) is 6.87. The Labute approximate surface area is 152 Å². The molecule has 0 saturated carbocycles. The Morgan fingerprint density at radius 3 is 1.42 bits per heavy atom. The number of phosphoric ester groups is 1. The lowest BCUT2D eigenvalue weighted by atomic mass is 10.2. The molecule has 0 bridgehead atoms. The number of nitro groups is 2. The van der Waals surface area contributed by atoms with Gasteiger partial charge in [0.1, 0.15) is 0 Å². The Kier molecular flexibility index (Phi) is 6.78. The molecule has 0 aliphatic rings. The van der Waals surface area contributed by atoms with Crippen LogP contribution in [0.3, 0.4) is 0 Å². The Hall–Kier alpha value is -2.36. The van der Waals surface area contributed by atoms with Crippen molar-refractivity contribution < 1.29 is 27.5 Å². The second-order valence-electron chi connectivity index (χ2n) is 4.91. The summed E-state index contributed by atoms with van der Waals surface area (Å²) in [6, 6.07) is 10.8. The van der Waals surface area contributed by atoms with Crippen LogP contribution < -0.4 is 0 Å². The van der Waals surface area contributed by atoms with Crippen molar-refractivity contribution in [2.24, 2.45) is 0 Å². The molecule has 0 amide bonds. The van der Waals surface area contributed by atoms with Gasteiger partial charge in [0, 0.05) is 24.3 Å². The summed E-state index contributed by atoms with van der Waals surface area (Å²) in [6.45, 7) is -0.440. The van der Waals surface area contributed by atoms with E-state index in [1.54, 1.807) is 0 Å². The highest BCUT2D eigenvalue weighted by atomic mass is 35.5. The molecule has 0 radical (unpaired) electrons. The van der Waals surface area contributed by atoms with Gasteiger partial charge in [0.15, 0.2) is 0 Å². The second kappa shape index (κ2) is 8.84. The van der Waals surface area contributed by atoms with Crippen LogP contribution in [-0.2, 0) is 30.9 Å². The summed E-state index contributed by atoms with van der Waals surface area (Å²) in [4.78, 5) is 20.1. The smallest absolute Gasteiger partial charge is 0.281 e. The average molecular weight is 403 g/mol. The maximum absolute atomic E-state index is 12.3. The van der Waals surface area contributed by atoms with Crippen molar-refractivity contribution in [2.45, 2.75) is 13.2 Å². The van der Waals surface area contributed by atoms with E-state index in [0.29, 0.717) is 11.1 Å². The monoisotopic (exact) mass is 402 g/mol. The highest BCUT2D eigenvalue weighted by molar-refractivity contribution is 7.49. The van der Waals surface area contributed by atoms with Gasteiger partial charge < -0.3 is 0 Å². The third-order valence-electron chi connectivity index (χ3n) is 3.16. The number of non-ortho nitro benzene ring substituents is 2. The lowest BCUT2D eigenvalue weighted by Gasteiger charge is -2.14. The molecule has 0 aliphatic heterocycles. The van der Waals surface area contributed by atoms with E-state index in [-0.39, 0.29) is 24.6 Å². The summed E-state index contributed by atoms with van der Waals surface area (Å²) in [7, 11) is -4.10. The van der Waals surface area contributed by atoms with E-state index in [1.807, 2.05) is 0 Å². The minimum absolute atomic E-state index is 0.0973. The third kappa shape index (κ3) is 5.58. The Bertz CT molecular complexity index is 762. The quantitative estimate of drug-likeness (QED) is 0.340. The molecule has 0 aliphatic carbocycles. The van der Waals surface area contributed by atoms with Gasteiger partial charge in [0.2, 0.25) is 0 Å². The van der Waals surface area contributed by atoms with Crippen molar-refractivity contribution >= 4 is 31.1 Å². The molecule has 0 aromatic heterocycles. The van der Waals surface area contributed by atoms with Crippen LogP contribution in [0.2, 0.25) is 0 Å². The van der Waals surface area contributed by atoms with Gasteiger partial charge in [-0.1, -0.05) is 0 Å². The van der Waals surface area contributed by atoms with Crippen LogP contribution in [0, 0.1) is 20.2 Å². The number of halogens is 1. The van der Waals surface area contributed by atoms with Gasteiger partial charge in [-0.25, -0.2) is 4.57 Å². The molecule has 138 valence electrons. The lowest BCUT2D eigenvalue weighted by molar-refractivity contribution is -0.385. The number of nitro benzene ring substituents is 2. The normalized spacial score (nSPS) is 11.3. The molecule has 0 saturated heterocycles. The highest BCUT2D eigenvalue weighted by Gasteiger charge is 2.27. The highest BCUT2D eigenvalue weighted by Crippen LogP contribution is 2.52. The molecule has 2 aromatic carbocycles. The van der Waals surface area contributed by atoms with Gasteiger partial charge in [0.05, 0.1) is 34.9 Å². The minimum Gasteiger partial charge on any atom is -0.281 e. The Balaban J connectivity index is 1.93. The van der Waals surface area contributed by atoms with Gasteiger partial charge in [-0.2, -0.15) is 4.08 Å². The molecule has 10 nitrogen and oxygen atoms in total. The van der Waals surface area contributed by atoms with Crippen LogP contribution in [0.1, 0.15) is 11.1 Å². The predicted octanol–water partition coefficient (Wildman–Crippen LogP) is 4.51. The molecule has 12 heteroatoms. The zero-order chi connectivity index (χ0) is 19.2. The molecule has 0 unspecified atom stereocenters. The van der Waals surface area contributed by atoms with E-state index in [9.17, 15) is 24.8 Å². The molecular formula is C14H12ClN2O8P. The minimum atomic E-state index is -4.10. The zero-order valence-corrected chi connectivity index (χ0v) is 14.7. The topological polar surface area (TPSA) is 131 Å². The molecule has 0 fully saturated rings. The van der Waals surface area contributed by atoms with Crippen molar-refractivity contribution in [2.75, 3.05) is 0 Å². The van der Waals surface area contributed by atoms with Crippen molar-refractivity contribution in [1.29, 1.82) is 0 Å². The van der Waals surface area contributed by atoms with Crippen LogP contribution in [0.25, 0.3) is 0 Å². The number of benzene rings is 2. The van der Waals surface area contributed by atoms with Crippen molar-refractivity contribution in [3.05, 3.63) is 79.9 Å². The van der Waals surface area contributed by atoms with Gasteiger partial charge in [-0.15, -0.1) is 0 Å². The van der Waals surface area contributed by atoms with E-state index in [1.165, 1.54) is 48.5 Å². The van der Waals surface area contributed by atoms with Crippen LogP contribution in [0.5, 0.6) is 0 Å². The van der Waals surface area contributed by atoms with Crippen molar-refractivity contribution in [3.63, 3.8) is 0 Å². The fourth-order valence-electron chi connectivity index (χ4n) is 1.81. The summed E-state index contributed by atoms with van der Waals surface area (Å²) < 4.78 is 26.6. The first-order chi connectivity index (χ1) is 12.3. The third-order valence-corrected chi connectivity index (χ3v) is 4.72. The summed E-state index contributed by atoms with van der Waals surface area (Å²) in [6.07, 6.45) is 0. The first-order valence-electron chi connectivity index (χ1n) is 6.99. The molecule has 2 rings (SSSR count). The van der Waals surface area contributed by atoms with Crippen LogP contribution in [0.4, 0.5) is 11.4 Å². The van der Waals surface area contributed by atoms with E-state index in [2.05, 4.69) is 4.08 Å². The first-order valence-corrected chi connectivity index (χ1v) is 8.76. The fourth-order valence-corrected chi connectivity index (χ4v) is 2.82. The van der Waals surface area contributed by atoms with E-state index < -0.39 is 17.7 Å². The maximum atomic E-state index is 12.3.